The van der Waals surface area contributed by atoms with E-state index in [4.69, 9.17) is 0 Å². The van der Waals surface area contributed by atoms with Gasteiger partial charge in [-0.25, -0.2) is 4.39 Å². The molecular weight excluding hydrogens is 227 g/mol. The molecule has 0 aromatic heterocycles. The van der Waals surface area contributed by atoms with Crippen LogP contribution in [0.2, 0.25) is 0 Å². The molecule has 2 bridgehead atoms. The molecule has 3 heterocycles. The van der Waals surface area contributed by atoms with E-state index in [0.29, 0.717) is 12.1 Å². The normalized spacial score (nSPS) is 27.7. The molecule has 0 spiro atoms. The molecule has 0 saturated carbocycles. The third kappa shape index (κ3) is 2.02. The van der Waals surface area contributed by atoms with Gasteiger partial charge >= 0.3 is 0 Å². The highest BCUT2D eigenvalue weighted by Gasteiger charge is 2.33. The Morgan fingerprint density at radius 1 is 1.19 bits per heavy atom. The fourth-order valence-electron chi connectivity index (χ4n) is 2.66. The minimum atomic E-state index is -0.154. The average Bonchev–Trinajstić information content (AvgIpc) is 2.31. The number of rotatable bonds is 1. The number of anilines is 1. The standard InChI is InChI=1S/C12H15FN2.ClH/c13-9-1-4-11(5-2-9)15-8-10-3-6-12(15)7-14-10;/h1-2,4-5,10,12,14H,3,6-8H2;1H. The Hall–Kier alpha value is -0.800. The number of benzene rings is 1. The number of nitrogens with zero attached hydrogens (tertiary/aromatic N) is 1. The van der Waals surface area contributed by atoms with Gasteiger partial charge in [0.25, 0.3) is 0 Å². The molecule has 1 N–H and O–H groups in total. The highest BCUT2D eigenvalue weighted by molar-refractivity contribution is 5.85. The lowest BCUT2D eigenvalue weighted by atomic mass is 9.92. The summed E-state index contributed by atoms with van der Waals surface area (Å²) in [6, 6.07) is 8.09. The second-order valence-corrected chi connectivity index (χ2v) is 4.47. The van der Waals surface area contributed by atoms with Gasteiger partial charge < -0.3 is 10.2 Å². The molecule has 2 unspecified atom stereocenters. The van der Waals surface area contributed by atoms with E-state index >= 15 is 0 Å². The van der Waals surface area contributed by atoms with Gasteiger partial charge in [-0.3, -0.25) is 0 Å². The molecule has 3 fully saturated rings. The minimum absolute atomic E-state index is 0. The van der Waals surface area contributed by atoms with Crippen molar-refractivity contribution in [3.63, 3.8) is 0 Å². The van der Waals surface area contributed by atoms with Gasteiger partial charge in [-0.05, 0) is 37.1 Å². The summed E-state index contributed by atoms with van der Waals surface area (Å²) in [5.41, 5.74) is 1.16. The number of hydrogen-bond donors (Lipinski definition) is 1. The topological polar surface area (TPSA) is 15.3 Å². The van der Waals surface area contributed by atoms with E-state index in [2.05, 4.69) is 10.2 Å². The maximum atomic E-state index is 12.8. The van der Waals surface area contributed by atoms with Crippen LogP contribution in [0.15, 0.2) is 24.3 Å². The second kappa shape index (κ2) is 4.60. The maximum Gasteiger partial charge on any atom is 0.123 e. The second-order valence-electron chi connectivity index (χ2n) is 4.47. The first-order valence-corrected chi connectivity index (χ1v) is 5.58. The Kier molecular flexibility index (Phi) is 3.36. The van der Waals surface area contributed by atoms with Gasteiger partial charge in [0, 0.05) is 30.9 Å². The summed E-state index contributed by atoms with van der Waals surface area (Å²) in [4.78, 5) is 2.41. The quantitative estimate of drug-likeness (QED) is 0.812. The fraction of sp³-hybridized carbons (Fsp3) is 0.500. The largest absolute Gasteiger partial charge is 0.366 e. The van der Waals surface area contributed by atoms with E-state index in [-0.39, 0.29) is 18.2 Å². The molecular formula is C12H16ClFN2. The van der Waals surface area contributed by atoms with E-state index in [1.165, 1.54) is 12.8 Å². The first-order chi connectivity index (χ1) is 7.33. The molecule has 3 saturated heterocycles. The smallest absolute Gasteiger partial charge is 0.123 e. The third-order valence-corrected chi connectivity index (χ3v) is 3.51. The van der Waals surface area contributed by atoms with Crippen LogP contribution in [0.3, 0.4) is 0 Å². The van der Waals surface area contributed by atoms with Crippen LogP contribution in [0, 0.1) is 5.82 Å². The predicted octanol–water partition coefficient (Wildman–Crippen LogP) is 2.19. The molecule has 0 aliphatic carbocycles. The van der Waals surface area contributed by atoms with E-state index in [0.717, 1.165) is 18.8 Å². The molecule has 88 valence electrons. The monoisotopic (exact) mass is 242 g/mol. The molecule has 3 aliphatic rings. The summed E-state index contributed by atoms with van der Waals surface area (Å²) in [5.74, 6) is -0.154. The summed E-state index contributed by atoms with van der Waals surface area (Å²) >= 11 is 0. The summed E-state index contributed by atoms with van der Waals surface area (Å²) in [7, 11) is 0. The Balaban J connectivity index is 0.000000963. The van der Waals surface area contributed by atoms with Crippen LogP contribution >= 0.6 is 12.4 Å². The molecule has 2 nitrogen and oxygen atoms in total. The minimum Gasteiger partial charge on any atom is -0.366 e. The Labute approximate surface area is 101 Å². The number of piperazine rings is 1. The highest BCUT2D eigenvalue weighted by atomic mass is 35.5. The molecule has 0 amide bonds. The zero-order valence-electron chi connectivity index (χ0n) is 9.03. The molecule has 1 aromatic carbocycles. The number of hydrogen-bond acceptors (Lipinski definition) is 2. The van der Waals surface area contributed by atoms with Crippen LogP contribution in [0.25, 0.3) is 0 Å². The van der Waals surface area contributed by atoms with Crippen LogP contribution in [0.4, 0.5) is 10.1 Å². The number of fused-ring (bicyclic) bond motifs is 3. The summed E-state index contributed by atoms with van der Waals surface area (Å²) in [6.45, 7) is 2.14. The van der Waals surface area contributed by atoms with Crippen molar-refractivity contribution in [2.75, 3.05) is 18.0 Å². The highest BCUT2D eigenvalue weighted by Crippen LogP contribution is 2.27. The molecule has 4 rings (SSSR count). The molecule has 0 radical (unpaired) electrons. The fourth-order valence-corrected chi connectivity index (χ4v) is 2.66. The molecule has 3 aliphatic heterocycles. The average molecular weight is 243 g/mol. The van der Waals surface area contributed by atoms with Crippen molar-refractivity contribution in [2.45, 2.75) is 24.9 Å². The van der Waals surface area contributed by atoms with Crippen molar-refractivity contribution in [1.82, 2.24) is 5.32 Å². The maximum absolute atomic E-state index is 12.8. The van der Waals surface area contributed by atoms with Gasteiger partial charge in [-0.15, -0.1) is 12.4 Å². The first kappa shape index (κ1) is 11.7. The van der Waals surface area contributed by atoms with Crippen molar-refractivity contribution in [3.05, 3.63) is 30.1 Å². The molecule has 2 atom stereocenters. The van der Waals surface area contributed by atoms with Crippen molar-refractivity contribution in [1.29, 1.82) is 0 Å². The van der Waals surface area contributed by atoms with E-state index in [9.17, 15) is 4.39 Å². The van der Waals surface area contributed by atoms with Crippen LogP contribution < -0.4 is 10.2 Å². The first-order valence-electron chi connectivity index (χ1n) is 5.58. The van der Waals surface area contributed by atoms with Crippen molar-refractivity contribution in [2.24, 2.45) is 0 Å². The zero-order chi connectivity index (χ0) is 10.3. The van der Waals surface area contributed by atoms with Gasteiger partial charge in [0.2, 0.25) is 0 Å². The molecule has 1 aromatic rings. The summed E-state index contributed by atoms with van der Waals surface area (Å²) in [5, 5.41) is 3.51. The number of halogens is 2. The summed E-state index contributed by atoms with van der Waals surface area (Å²) < 4.78 is 12.8. The lowest BCUT2D eigenvalue weighted by Crippen LogP contribution is -2.61. The van der Waals surface area contributed by atoms with Crippen LogP contribution in [-0.4, -0.2) is 25.2 Å². The molecule has 4 heteroatoms. The van der Waals surface area contributed by atoms with Gasteiger partial charge in [0.05, 0.1) is 0 Å². The van der Waals surface area contributed by atoms with Crippen LogP contribution in [0.5, 0.6) is 0 Å². The van der Waals surface area contributed by atoms with Gasteiger partial charge in [0.1, 0.15) is 5.82 Å². The van der Waals surface area contributed by atoms with E-state index < -0.39 is 0 Å². The lowest BCUT2D eigenvalue weighted by Gasteiger charge is -2.47. The lowest BCUT2D eigenvalue weighted by molar-refractivity contribution is 0.290. The third-order valence-electron chi connectivity index (χ3n) is 3.51. The van der Waals surface area contributed by atoms with Gasteiger partial charge in [0.15, 0.2) is 0 Å². The Morgan fingerprint density at radius 3 is 2.44 bits per heavy atom. The predicted molar refractivity (Wildman–Crippen MR) is 65.8 cm³/mol. The zero-order valence-corrected chi connectivity index (χ0v) is 9.84. The van der Waals surface area contributed by atoms with Crippen LogP contribution in [0.1, 0.15) is 12.8 Å². The van der Waals surface area contributed by atoms with Crippen LogP contribution in [-0.2, 0) is 0 Å². The van der Waals surface area contributed by atoms with E-state index in [1.807, 2.05) is 12.1 Å². The summed E-state index contributed by atoms with van der Waals surface area (Å²) in [6.07, 6.45) is 2.54. The van der Waals surface area contributed by atoms with Crippen molar-refractivity contribution >= 4 is 18.1 Å². The van der Waals surface area contributed by atoms with Crippen molar-refractivity contribution in [3.8, 4) is 0 Å². The Morgan fingerprint density at radius 2 is 1.94 bits per heavy atom. The van der Waals surface area contributed by atoms with Crippen molar-refractivity contribution < 1.29 is 4.39 Å². The number of nitrogens with one attached hydrogen (secondary N) is 1. The number of piperidine rings is 2. The Bertz CT molecular complexity index is 347. The molecule has 16 heavy (non-hydrogen) atoms. The van der Waals surface area contributed by atoms with Gasteiger partial charge in [-0.2, -0.15) is 0 Å². The van der Waals surface area contributed by atoms with E-state index in [1.54, 1.807) is 12.1 Å². The SMILES string of the molecule is Cl.Fc1ccc(N2CC3CCC2CN3)cc1. The van der Waals surface area contributed by atoms with Gasteiger partial charge in [-0.1, -0.05) is 0 Å².